The summed E-state index contributed by atoms with van der Waals surface area (Å²) < 4.78 is 0. The summed E-state index contributed by atoms with van der Waals surface area (Å²) in [5.74, 6) is -0.254. The maximum atomic E-state index is 12.2. The molecule has 5 heteroatoms. The quantitative estimate of drug-likeness (QED) is 0.870. The molecule has 104 valence electrons. The summed E-state index contributed by atoms with van der Waals surface area (Å²) in [5, 5.41) is 1.18. The van der Waals surface area contributed by atoms with Gasteiger partial charge in [0.05, 0.1) is 11.3 Å². The van der Waals surface area contributed by atoms with E-state index < -0.39 is 0 Å². The van der Waals surface area contributed by atoms with Gasteiger partial charge in [-0.25, -0.2) is 10.0 Å². The highest BCUT2D eigenvalue weighted by Crippen LogP contribution is 2.23. The normalized spacial score (nSPS) is 13.9. The van der Waals surface area contributed by atoms with Crippen LogP contribution in [0.15, 0.2) is 59.6 Å². The standard InChI is InChI=1S/C16H13N3O2/c1-11(20)19-15(12-7-3-2-4-8-12)17-14-10-6-5-9-13(14)16(21)18-19/h2-10H,1H3,(H,18,21). The third-order valence-electron chi connectivity index (χ3n) is 3.15. The molecule has 2 aromatic rings. The zero-order chi connectivity index (χ0) is 14.8. The third-order valence-corrected chi connectivity index (χ3v) is 3.15. The second-order valence-electron chi connectivity index (χ2n) is 4.61. The molecular weight excluding hydrogens is 266 g/mol. The van der Waals surface area contributed by atoms with Gasteiger partial charge in [-0.2, -0.15) is 0 Å². The van der Waals surface area contributed by atoms with Crippen LogP contribution in [-0.2, 0) is 4.79 Å². The van der Waals surface area contributed by atoms with E-state index >= 15 is 0 Å². The number of amides is 2. The molecule has 3 rings (SSSR count). The fourth-order valence-electron chi connectivity index (χ4n) is 2.15. The Hall–Kier alpha value is -2.95. The number of hydrogen-bond donors (Lipinski definition) is 1. The van der Waals surface area contributed by atoms with Crippen LogP contribution in [0.1, 0.15) is 22.8 Å². The van der Waals surface area contributed by atoms with Crippen molar-refractivity contribution in [1.82, 2.24) is 10.4 Å². The number of nitrogens with one attached hydrogen (secondary N) is 1. The Bertz CT molecular complexity index is 738. The van der Waals surface area contributed by atoms with E-state index in [1.807, 2.05) is 36.4 Å². The van der Waals surface area contributed by atoms with Gasteiger partial charge in [0, 0.05) is 12.5 Å². The summed E-state index contributed by atoms with van der Waals surface area (Å²) in [6.45, 7) is 1.38. The van der Waals surface area contributed by atoms with Crippen LogP contribution in [0.3, 0.4) is 0 Å². The second kappa shape index (κ2) is 5.20. The molecular formula is C16H13N3O2. The van der Waals surface area contributed by atoms with Crippen molar-refractivity contribution >= 4 is 23.3 Å². The molecule has 0 fully saturated rings. The molecule has 1 aliphatic heterocycles. The van der Waals surface area contributed by atoms with E-state index in [4.69, 9.17) is 0 Å². The first-order chi connectivity index (χ1) is 10.2. The van der Waals surface area contributed by atoms with Crippen LogP contribution in [0.5, 0.6) is 0 Å². The summed E-state index contributed by atoms with van der Waals surface area (Å²) in [6.07, 6.45) is 0. The van der Waals surface area contributed by atoms with Crippen molar-refractivity contribution in [3.8, 4) is 0 Å². The van der Waals surface area contributed by atoms with Crippen molar-refractivity contribution < 1.29 is 9.59 Å². The molecule has 0 radical (unpaired) electrons. The number of benzene rings is 2. The lowest BCUT2D eigenvalue weighted by atomic mass is 10.1. The monoisotopic (exact) mass is 279 g/mol. The lowest BCUT2D eigenvalue weighted by molar-refractivity contribution is -0.126. The van der Waals surface area contributed by atoms with Gasteiger partial charge in [0.2, 0.25) is 5.91 Å². The summed E-state index contributed by atoms with van der Waals surface area (Å²) in [7, 11) is 0. The Morgan fingerprint density at radius 2 is 1.71 bits per heavy atom. The van der Waals surface area contributed by atoms with E-state index in [0.29, 0.717) is 17.1 Å². The molecule has 2 aromatic carbocycles. The SMILES string of the molecule is CC(=O)N1NC(=O)c2ccccc2N=C1c1ccccc1. The Kier molecular flexibility index (Phi) is 3.23. The first-order valence-corrected chi connectivity index (χ1v) is 6.51. The van der Waals surface area contributed by atoms with Gasteiger partial charge >= 0.3 is 0 Å². The first kappa shape index (κ1) is 13.1. The van der Waals surface area contributed by atoms with Gasteiger partial charge in [-0.1, -0.05) is 42.5 Å². The minimum atomic E-state index is -0.351. The van der Waals surface area contributed by atoms with Gasteiger partial charge in [0.15, 0.2) is 5.84 Å². The number of hydrazine groups is 1. The molecule has 21 heavy (non-hydrogen) atoms. The van der Waals surface area contributed by atoms with Crippen LogP contribution in [0.2, 0.25) is 0 Å². The lowest BCUT2D eigenvalue weighted by Gasteiger charge is -2.21. The maximum absolute atomic E-state index is 12.2. The van der Waals surface area contributed by atoms with Crippen LogP contribution < -0.4 is 5.43 Å². The smallest absolute Gasteiger partial charge is 0.272 e. The molecule has 1 heterocycles. The van der Waals surface area contributed by atoms with Crippen LogP contribution in [0, 0.1) is 0 Å². The molecule has 0 saturated carbocycles. The number of carbonyl (C=O) groups is 2. The van der Waals surface area contributed by atoms with Crippen molar-refractivity contribution in [2.24, 2.45) is 4.99 Å². The molecule has 0 unspecified atom stereocenters. The largest absolute Gasteiger partial charge is 0.273 e. The van der Waals surface area contributed by atoms with Crippen LogP contribution in [-0.4, -0.2) is 22.7 Å². The topological polar surface area (TPSA) is 61.8 Å². The molecule has 0 bridgehead atoms. The molecule has 5 nitrogen and oxygen atoms in total. The first-order valence-electron chi connectivity index (χ1n) is 6.51. The molecule has 0 saturated heterocycles. The summed E-state index contributed by atoms with van der Waals surface area (Å²) in [6, 6.07) is 16.3. The highest BCUT2D eigenvalue weighted by atomic mass is 16.2. The Morgan fingerprint density at radius 3 is 2.43 bits per heavy atom. The van der Waals surface area contributed by atoms with Crippen molar-refractivity contribution in [1.29, 1.82) is 0 Å². The van der Waals surface area contributed by atoms with E-state index in [0.717, 1.165) is 5.56 Å². The van der Waals surface area contributed by atoms with Crippen molar-refractivity contribution in [3.05, 3.63) is 65.7 Å². The zero-order valence-corrected chi connectivity index (χ0v) is 11.4. The fraction of sp³-hybridized carbons (Fsp3) is 0.0625. The number of rotatable bonds is 1. The van der Waals surface area contributed by atoms with Gasteiger partial charge in [0.25, 0.3) is 5.91 Å². The summed E-state index contributed by atoms with van der Waals surface area (Å²) >= 11 is 0. The van der Waals surface area contributed by atoms with E-state index in [9.17, 15) is 9.59 Å². The number of nitrogens with zero attached hydrogens (tertiary/aromatic N) is 2. The Morgan fingerprint density at radius 1 is 1.05 bits per heavy atom. The number of hydrogen-bond acceptors (Lipinski definition) is 3. The molecule has 0 atom stereocenters. The number of fused-ring (bicyclic) bond motifs is 1. The average Bonchev–Trinajstić information content (AvgIpc) is 2.66. The summed E-state index contributed by atoms with van der Waals surface area (Å²) in [5.41, 5.74) is 4.33. The molecule has 2 amide bonds. The van der Waals surface area contributed by atoms with Crippen LogP contribution in [0.25, 0.3) is 0 Å². The van der Waals surface area contributed by atoms with Crippen molar-refractivity contribution in [2.45, 2.75) is 6.92 Å². The molecule has 0 aromatic heterocycles. The predicted octanol–water partition coefficient (Wildman–Crippen LogP) is 2.27. The van der Waals surface area contributed by atoms with E-state index in [2.05, 4.69) is 10.4 Å². The van der Waals surface area contributed by atoms with Gasteiger partial charge in [-0.15, -0.1) is 0 Å². The lowest BCUT2D eigenvalue weighted by Crippen LogP contribution is -2.48. The maximum Gasteiger partial charge on any atom is 0.272 e. The minimum absolute atomic E-state index is 0.307. The number of carbonyl (C=O) groups excluding carboxylic acids is 2. The van der Waals surface area contributed by atoms with Crippen molar-refractivity contribution in [3.63, 3.8) is 0 Å². The van der Waals surface area contributed by atoms with E-state index in [1.54, 1.807) is 18.2 Å². The fourth-order valence-corrected chi connectivity index (χ4v) is 2.15. The van der Waals surface area contributed by atoms with Gasteiger partial charge in [-0.3, -0.25) is 15.0 Å². The van der Waals surface area contributed by atoms with E-state index in [1.165, 1.54) is 11.9 Å². The summed E-state index contributed by atoms with van der Waals surface area (Å²) in [4.78, 5) is 28.6. The molecule has 1 aliphatic rings. The number of amidine groups is 1. The molecule has 0 aliphatic carbocycles. The second-order valence-corrected chi connectivity index (χ2v) is 4.61. The van der Waals surface area contributed by atoms with E-state index in [-0.39, 0.29) is 11.8 Å². The Labute approximate surface area is 121 Å². The molecule has 0 spiro atoms. The number of aliphatic imine (C=N–C) groups is 1. The van der Waals surface area contributed by atoms with Gasteiger partial charge < -0.3 is 0 Å². The Balaban J connectivity index is 2.20. The minimum Gasteiger partial charge on any atom is -0.273 e. The highest BCUT2D eigenvalue weighted by Gasteiger charge is 2.25. The van der Waals surface area contributed by atoms with Gasteiger partial charge in [0.1, 0.15) is 0 Å². The average molecular weight is 279 g/mol. The zero-order valence-electron chi connectivity index (χ0n) is 11.4. The number of para-hydroxylation sites is 1. The van der Waals surface area contributed by atoms with Crippen LogP contribution in [0.4, 0.5) is 5.69 Å². The molecule has 1 N–H and O–H groups in total. The van der Waals surface area contributed by atoms with Gasteiger partial charge in [-0.05, 0) is 12.1 Å². The van der Waals surface area contributed by atoms with Crippen molar-refractivity contribution in [2.75, 3.05) is 0 Å². The predicted molar refractivity (Wildman–Crippen MR) is 79.1 cm³/mol. The van der Waals surface area contributed by atoms with Crippen LogP contribution >= 0.6 is 0 Å². The highest BCUT2D eigenvalue weighted by molar-refractivity contribution is 6.13. The third kappa shape index (κ3) is 2.41.